The van der Waals surface area contributed by atoms with E-state index in [-0.39, 0.29) is 24.5 Å². The number of Topliss-reactive ketones (excluding diaryl/α,β-unsaturated/α-hetero) is 1. The van der Waals surface area contributed by atoms with Crippen molar-refractivity contribution in [2.45, 2.75) is 12.8 Å². The number of amides is 1. The zero-order chi connectivity index (χ0) is 15.9. The molecule has 6 nitrogen and oxygen atoms in total. The standard InChI is InChI=1S/C16H21NO5/c1-17(7-8-20-2)16(19)6-4-13(18)12-3-5-14-15(11-12)22-10-9-21-14/h3,5,11H,4,6-10H2,1-2H3. The molecule has 0 aliphatic carbocycles. The van der Waals surface area contributed by atoms with E-state index < -0.39 is 0 Å². The molecule has 1 amide bonds. The zero-order valence-corrected chi connectivity index (χ0v) is 13.0. The SMILES string of the molecule is COCCN(C)C(=O)CCC(=O)c1ccc2c(c1)OCCO2. The molecule has 1 aromatic rings. The van der Waals surface area contributed by atoms with Gasteiger partial charge in [0, 0.05) is 39.1 Å². The van der Waals surface area contributed by atoms with Gasteiger partial charge in [0.05, 0.1) is 6.61 Å². The number of fused-ring (bicyclic) bond motifs is 1. The third-order valence-electron chi connectivity index (χ3n) is 3.49. The summed E-state index contributed by atoms with van der Waals surface area (Å²) in [7, 11) is 3.29. The van der Waals surface area contributed by atoms with E-state index >= 15 is 0 Å². The van der Waals surface area contributed by atoms with Gasteiger partial charge < -0.3 is 19.1 Å². The summed E-state index contributed by atoms with van der Waals surface area (Å²) in [4.78, 5) is 25.6. The molecule has 120 valence electrons. The fraction of sp³-hybridized carbons (Fsp3) is 0.500. The second-order valence-corrected chi connectivity index (χ2v) is 5.09. The highest BCUT2D eigenvalue weighted by atomic mass is 16.6. The lowest BCUT2D eigenvalue weighted by Crippen LogP contribution is -2.30. The molecule has 0 atom stereocenters. The number of ketones is 1. The highest BCUT2D eigenvalue weighted by Gasteiger charge is 2.16. The Hall–Kier alpha value is -2.08. The maximum absolute atomic E-state index is 12.2. The lowest BCUT2D eigenvalue weighted by molar-refractivity contribution is -0.130. The van der Waals surface area contributed by atoms with E-state index in [2.05, 4.69) is 0 Å². The molecule has 0 saturated carbocycles. The Balaban J connectivity index is 1.88. The van der Waals surface area contributed by atoms with Gasteiger partial charge in [0.25, 0.3) is 0 Å². The van der Waals surface area contributed by atoms with Crippen molar-refractivity contribution in [3.63, 3.8) is 0 Å². The topological polar surface area (TPSA) is 65.1 Å². The van der Waals surface area contributed by atoms with Gasteiger partial charge in [-0.15, -0.1) is 0 Å². The minimum Gasteiger partial charge on any atom is -0.486 e. The summed E-state index contributed by atoms with van der Waals surface area (Å²) in [6.07, 6.45) is 0.364. The summed E-state index contributed by atoms with van der Waals surface area (Å²) in [6, 6.07) is 5.11. The monoisotopic (exact) mass is 307 g/mol. The van der Waals surface area contributed by atoms with E-state index in [9.17, 15) is 9.59 Å². The molecule has 1 aliphatic rings. The molecule has 0 radical (unpaired) electrons. The number of nitrogens with zero attached hydrogens (tertiary/aromatic N) is 1. The van der Waals surface area contributed by atoms with Crippen LogP contribution in [0.5, 0.6) is 11.5 Å². The van der Waals surface area contributed by atoms with Crippen LogP contribution in [-0.4, -0.2) is 57.1 Å². The number of benzene rings is 1. The van der Waals surface area contributed by atoms with Crippen LogP contribution in [0.2, 0.25) is 0 Å². The number of ether oxygens (including phenoxy) is 3. The van der Waals surface area contributed by atoms with Gasteiger partial charge in [-0.25, -0.2) is 0 Å². The van der Waals surface area contributed by atoms with Gasteiger partial charge >= 0.3 is 0 Å². The molecule has 0 fully saturated rings. The van der Waals surface area contributed by atoms with E-state index in [1.807, 2.05) is 0 Å². The smallest absolute Gasteiger partial charge is 0.222 e. The molecule has 1 heterocycles. The van der Waals surface area contributed by atoms with Gasteiger partial charge in [0.1, 0.15) is 13.2 Å². The summed E-state index contributed by atoms with van der Waals surface area (Å²) in [5, 5.41) is 0. The number of likely N-dealkylation sites (N-methyl/N-ethyl adjacent to an activating group) is 1. The van der Waals surface area contributed by atoms with Crippen LogP contribution in [0.1, 0.15) is 23.2 Å². The van der Waals surface area contributed by atoms with Crippen molar-refractivity contribution in [3.8, 4) is 11.5 Å². The van der Waals surface area contributed by atoms with E-state index in [4.69, 9.17) is 14.2 Å². The average Bonchev–Trinajstić information content (AvgIpc) is 2.56. The Kier molecular flexibility index (Phi) is 5.77. The van der Waals surface area contributed by atoms with Gasteiger partial charge in [-0.2, -0.15) is 0 Å². The van der Waals surface area contributed by atoms with Crippen LogP contribution in [0.15, 0.2) is 18.2 Å². The number of carbonyl (C=O) groups is 2. The first-order chi connectivity index (χ1) is 10.6. The lowest BCUT2D eigenvalue weighted by Gasteiger charge is -2.19. The summed E-state index contributed by atoms with van der Waals surface area (Å²) in [5.41, 5.74) is 0.539. The van der Waals surface area contributed by atoms with Crippen LogP contribution in [-0.2, 0) is 9.53 Å². The van der Waals surface area contributed by atoms with Gasteiger partial charge in [-0.3, -0.25) is 9.59 Å². The van der Waals surface area contributed by atoms with Crippen molar-refractivity contribution in [3.05, 3.63) is 23.8 Å². The number of carbonyl (C=O) groups excluding carboxylic acids is 2. The molecule has 1 aliphatic heterocycles. The Morgan fingerprint density at radius 1 is 1.18 bits per heavy atom. The van der Waals surface area contributed by atoms with Crippen molar-refractivity contribution < 1.29 is 23.8 Å². The van der Waals surface area contributed by atoms with Gasteiger partial charge in [0.15, 0.2) is 17.3 Å². The molecular formula is C16H21NO5. The summed E-state index contributed by atoms with van der Waals surface area (Å²) >= 11 is 0. The molecule has 0 unspecified atom stereocenters. The third kappa shape index (κ3) is 4.21. The Morgan fingerprint density at radius 2 is 1.91 bits per heavy atom. The summed E-state index contributed by atoms with van der Waals surface area (Å²) < 4.78 is 15.8. The zero-order valence-electron chi connectivity index (χ0n) is 13.0. The van der Waals surface area contributed by atoms with Crippen LogP contribution in [0.4, 0.5) is 0 Å². The first kappa shape index (κ1) is 16.3. The van der Waals surface area contributed by atoms with Crippen LogP contribution < -0.4 is 9.47 Å². The van der Waals surface area contributed by atoms with Crippen molar-refractivity contribution in [2.24, 2.45) is 0 Å². The first-order valence-electron chi connectivity index (χ1n) is 7.27. The second-order valence-electron chi connectivity index (χ2n) is 5.09. The van der Waals surface area contributed by atoms with Crippen molar-refractivity contribution in [1.29, 1.82) is 0 Å². The molecule has 6 heteroatoms. The largest absolute Gasteiger partial charge is 0.486 e. The minimum absolute atomic E-state index is 0.0667. The number of methoxy groups -OCH3 is 1. The van der Waals surface area contributed by atoms with Crippen molar-refractivity contribution >= 4 is 11.7 Å². The van der Waals surface area contributed by atoms with E-state index in [0.29, 0.717) is 43.4 Å². The Labute approximate surface area is 129 Å². The second kappa shape index (κ2) is 7.79. The minimum atomic E-state index is -0.0783. The van der Waals surface area contributed by atoms with Gasteiger partial charge in [-0.05, 0) is 18.2 Å². The van der Waals surface area contributed by atoms with E-state index in [0.717, 1.165) is 0 Å². The third-order valence-corrected chi connectivity index (χ3v) is 3.49. The maximum atomic E-state index is 12.2. The Morgan fingerprint density at radius 3 is 2.64 bits per heavy atom. The average molecular weight is 307 g/mol. The molecule has 1 aromatic carbocycles. The number of hydrogen-bond acceptors (Lipinski definition) is 5. The molecule has 22 heavy (non-hydrogen) atoms. The summed E-state index contributed by atoms with van der Waals surface area (Å²) in [6.45, 7) is 2.00. The van der Waals surface area contributed by atoms with Gasteiger partial charge in [-0.1, -0.05) is 0 Å². The fourth-order valence-corrected chi connectivity index (χ4v) is 2.13. The number of hydrogen-bond donors (Lipinski definition) is 0. The highest BCUT2D eigenvalue weighted by molar-refractivity contribution is 5.98. The maximum Gasteiger partial charge on any atom is 0.222 e. The van der Waals surface area contributed by atoms with Crippen LogP contribution in [0.3, 0.4) is 0 Å². The quantitative estimate of drug-likeness (QED) is 0.715. The summed E-state index contributed by atoms with van der Waals surface area (Å²) in [5.74, 6) is 1.09. The van der Waals surface area contributed by atoms with Crippen LogP contribution in [0.25, 0.3) is 0 Å². The van der Waals surface area contributed by atoms with Crippen molar-refractivity contribution in [2.75, 3.05) is 40.5 Å². The fourth-order valence-electron chi connectivity index (χ4n) is 2.13. The molecule has 0 N–H and O–H groups in total. The highest BCUT2D eigenvalue weighted by Crippen LogP contribution is 2.31. The van der Waals surface area contributed by atoms with Crippen molar-refractivity contribution in [1.82, 2.24) is 4.90 Å². The predicted octanol–water partition coefficient (Wildman–Crippen LogP) is 1.53. The normalized spacial score (nSPS) is 12.8. The molecule has 0 saturated heterocycles. The number of rotatable bonds is 7. The van der Waals surface area contributed by atoms with Crippen LogP contribution >= 0.6 is 0 Å². The van der Waals surface area contributed by atoms with E-state index in [1.165, 1.54) is 0 Å². The van der Waals surface area contributed by atoms with Gasteiger partial charge in [0.2, 0.25) is 5.91 Å². The van der Waals surface area contributed by atoms with E-state index in [1.54, 1.807) is 37.3 Å². The Bertz CT molecular complexity index is 543. The molecule has 0 bridgehead atoms. The molecule has 0 spiro atoms. The van der Waals surface area contributed by atoms with Crippen LogP contribution in [0, 0.1) is 0 Å². The predicted molar refractivity (Wildman–Crippen MR) is 80.5 cm³/mol. The first-order valence-corrected chi connectivity index (χ1v) is 7.27. The molecule has 0 aromatic heterocycles. The molecular weight excluding hydrogens is 286 g/mol. The lowest BCUT2D eigenvalue weighted by atomic mass is 10.1. The molecule has 2 rings (SSSR count).